The maximum absolute atomic E-state index is 13.1. The molecule has 0 spiro atoms. The summed E-state index contributed by atoms with van der Waals surface area (Å²) in [6.07, 6.45) is 7.26. The third kappa shape index (κ3) is 2.62. The van der Waals surface area contributed by atoms with E-state index in [0.29, 0.717) is 6.42 Å². The highest BCUT2D eigenvalue weighted by Crippen LogP contribution is 2.40. The van der Waals surface area contributed by atoms with Gasteiger partial charge in [-0.3, -0.25) is 9.48 Å². The number of rotatable bonds is 4. The lowest BCUT2D eigenvalue weighted by Gasteiger charge is -2.36. The lowest BCUT2D eigenvalue weighted by molar-refractivity contribution is -0.125. The fourth-order valence-corrected chi connectivity index (χ4v) is 3.43. The second kappa shape index (κ2) is 5.80. The second-order valence-electron chi connectivity index (χ2n) is 5.91. The van der Waals surface area contributed by atoms with Crippen LogP contribution in [0.4, 0.5) is 0 Å². The molecule has 3 rings (SSSR count). The standard InChI is InChI=1S/C17H21N3O/c1-20-16(18-13-19-20)12-15(21)17(10-6-3-7-11-17)14-8-4-2-5-9-14/h2,4-5,8-9,13H,3,6-7,10-12H2,1H3. The van der Waals surface area contributed by atoms with E-state index in [1.54, 1.807) is 4.68 Å². The van der Waals surface area contributed by atoms with E-state index < -0.39 is 0 Å². The van der Waals surface area contributed by atoms with Gasteiger partial charge in [0.05, 0.1) is 11.8 Å². The molecule has 0 aliphatic heterocycles. The van der Waals surface area contributed by atoms with Gasteiger partial charge < -0.3 is 0 Å². The number of Topliss-reactive ketones (excluding diaryl/α,β-unsaturated/α-hetero) is 1. The Morgan fingerprint density at radius 3 is 2.52 bits per heavy atom. The topological polar surface area (TPSA) is 47.8 Å². The molecule has 0 bridgehead atoms. The van der Waals surface area contributed by atoms with Gasteiger partial charge in [-0.25, -0.2) is 4.98 Å². The van der Waals surface area contributed by atoms with Gasteiger partial charge in [0.15, 0.2) is 5.78 Å². The van der Waals surface area contributed by atoms with Gasteiger partial charge in [-0.05, 0) is 18.4 Å². The molecule has 0 N–H and O–H groups in total. The number of nitrogens with zero attached hydrogens (tertiary/aromatic N) is 3. The largest absolute Gasteiger partial charge is 0.298 e. The Hall–Kier alpha value is -1.97. The highest BCUT2D eigenvalue weighted by molar-refractivity contribution is 5.91. The van der Waals surface area contributed by atoms with Crippen molar-refractivity contribution in [2.24, 2.45) is 7.05 Å². The van der Waals surface area contributed by atoms with E-state index in [-0.39, 0.29) is 11.2 Å². The molecular weight excluding hydrogens is 262 g/mol. The van der Waals surface area contributed by atoms with E-state index in [4.69, 9.17) is 0 Å². The molecule has 0 radical (unpaired) electrons. The van der Waals surface area contributed by atoms with E-state index in [9.17, 15) is 4.79 Å². The molecule has 110 valence electrons. The number of carbonyl (C=O) groups excluding carboxylic acids is 1. The Bertz CT molecular complexity index is 612. The molecule has 0 unspecified atom stereocenters. The summed E-state index contributed by atoms with van der Waals surface area (Å²) in [5, 5.41) is 4.06. The molecular formula is C17H21N3O. The van der Waals surface area contributed by atoms with Crippen LogP contribution in [-0.4, -0.2) is 20.5 Å². The minimum absolute atomic E-state index is 0.282. The van der Waals surface area contributed by atoms with E-state index in [0.717, 1.165) is 37.1 Å². The van der Waals surface area contributed by atoms with Crippen LogP contribution in [0.2, 0.25) is 0 Å². The molecule has 2 aromatic rings. The summed E-state index contributed by atoms with van der Waals surface area (Å²) in [7, 11) is 1.84. The minimum atomic E-state index is -0.328. The minimum Gasteiger partial charge on any atom is -0.298 e. The zero-order valence-electron chi connectivity index (χ0n) is 12.5. The van der Waals surface area contributed by atoms with Crippen molar-refractivity contribution in [3.63, 3.8) is 0 Å². The van der Waals surface area contributed by atoms with Crippen molar-refractivity contribution in [2.45, 2.75) is 43.9 Å². The molecule has 4 heteroatoms. The van der Waals surface area contributed by atoms with Crippen molar-refractivity contribution >= 4 is 5.78 Å². The molecule has 1 aliphatic carbocycles. The maximum atomic E-state index is 13.1. The lowest BCUT2D eigenvalue weighted by atomic mass is 9.66. The van der Waals surface area contributed by atoms with Gasteiger partial charge in [0, 0.05) is 7.05 Å². The lowest BCUT2D eigenvalue weighted by Crippen LogP contribution is -2.39. The molecule has 0 amide bonds. The molecule has 21 heavy (non-hydrogen) atoms. The zero-order valence-corrected chi connectivity index (χ0v) is 12.5. The number of ketones is 1. The first-order valence-electron chi connectivity index (χ1n) is 7.64. The SMILES string of the molecule is Cn1ncnc1CC(=O)C1(c2ccccc2)CCCCC1. The van der Waals surface area contributed by atoms with E-state index in [2.05, 4.69) is 22.2 Å². The van der Waals surface area contributed by atoms with Crippen molar-refractivity contribution in [3.05, 3.63) is 48.0 Å². The number of aryl methyl sites for hydroxylation is 1. The number of benzene rings is 1. The Balaban J connectivity index is 1.92. The van der Waals surface area contributed by atoms with E-state index in [1.165, 1.54) is 12.7 Å². The fourth-order valence-electron chi connectivity index (χ4n) is 3.43. The molecule has 4 nitrogen and oxygen atoms in total. The van der Waals surface area contributed by atoms with Gasteiger partial charge >= 0.3 is 0 Å². The summed E-state index contributed by atoms with van der Waals surface area (Å²) >= 11 is 0. The number of hydrogen-bond donors (Lipinski definition) is 0. The van der Waals surface area contributed by atoms with Crippen LogP contribution < -0.4 is 0 Å². The van der Waals surface area contributed by atoms with Gasteiger partial charge in [-0.1, -0.05) is 49.6 Å². The highest BCUT2D eigenvalue weighted by atomic mass is 16.1. The molecule has 1 saturated carbocycles. The quantitative estimate of drug-likeness (QED) is 0.867. The average Bonchev–Trinajstić information content (AvgIpc) is 2.94. The van der Waals surface area contributed by atoms with Crippen molar-refractivity contribution in [1.82, 2.24) is 14.8 Å². The molecule has 1 aromatic carbocycles. The summed E-state index contributed by atoms with van der Waals surface area (Å²) in [5.41, 5.74) is 0.836. The number of aromatic nitrogens is 3. The van der Waals surface area contributed by atoms with Crippen LogP contribution in [-0.2, 0) is 23.7 Å². The summed E-state index contributed by atoms with van der Waals surface area (Å²) in [4.78, 5) is 17.3. The Morgan fingerprint density at radius 2 is 1.90 bits per heavy atom. The van der Waals surface area contributed by atoms with Gasteiger partial charge in [-0.15, -0.1) is 0 Å². The highest BCUT2D eigenvalue weighted by Gasteiger charge is 2.40. The average molecular weight is 283 g/mol. The maximum Gasteiger partial charge on any atom is 0.150 e. The third-order valence-corrected chi connectivity index (χ3v) is 4.69. The van der Waals surface area contributed by atoms with Crippen LogP contribution in [0, 0.1) is 0 Å². The molecule has 0 atom stereocenters. The van der Waals surface area contributed by atoms with Crippen molar-refractivity contribution in [1.29, 1.82) is 0 Å². The molecule has 1 fully saturated rings. The van der Waals surface area contributed by atoms with Crippen molar-refractivity contribution in [2.75, 3.05) is 0 Å². The van der Waals surface area contributed by atoms with Gasteiger partial charge in [0.25, 0.3) is 0 Å². The predicted octanol–water partition coefficient (Wildman–Crippen LogP) is 2.83. The van der Waals surface area contributed by atoms with Crippen LogP contribution in [0.15, 0.2) is 36.7 Å². The Morgan fingerprint density at radius 1 is 1.19 bits per heavy atom. The van der Waals surface area contributed by atoms with E-state index in [1.807, 2.05) is 25.2 Å². The third-order valence-electron chi connectivity index (χ3n) is 4.69. The molecule has 1 aliphatic rings. The normalized spacial score (nSPS) is 17.6. The van der Waals surface area contributed by atoms with Gasteiger partial charge in [0.2, 0.25) is 0 Å². The monoisotopic (exact) mass is 283 g/mol. The van der Waals surface area contributed by atoms with E-state index >= 15 is 0 Å². The smallest absolute Gasteiger partial charge is 0.150 e. The fraction of sp³-hybridized carbons (Fsp3) is 0.471. The van der Waals surface area contributed by atoms with Gasteiger partial charge in [-0.2, -0.15) is 5.10 Å². The summed E-state index contributed by atoms with van der Waals surface area (Å²) in [5.74, 6) is 1.03. The molecule has 0 saturated heterocycles. The van der Waals surface area contributed by atoms with Crippen LogP contribution in [0.25, 0.3) is 0 Å². The number of hydrogen-bond acceptors (Lipinski definition) is 3. The van der Waals surface area contributed by atoms with Gasteiger partial charge in [0.1, 0.15) is 12.2 Å². The Labute approximate surface area is 125 Å². The summed E-state index contributed by atoms with van der Waals surface area (Å²) in [6.45, 7) is 0. The first-order valence-corrected chi connectivity index (χ1v) is 7.64. The summed E-state index contributed by atoms with van der Waals surface area (Å²) < 4.78 is 1.69. The first-order chi connectivity index (χ1) is 10.2. The molecule has 1 heterocycles. The first kappa shape index (κ1) is 14.0. The zero-order chi connectivity index (χ0) is 14.7. The summed E-state index contributed by atoms with van der Waals surface area (Å²) in [6, 6.07) is 10.3. The second-order valence-corrected chi connectivity index (χ2v) is 5.91. The van der Waals surface area contributed by atoms with Crippen LogP contribution in [0.5, 0.6) is 0 Å². The van der Waals surface area contributed by atoms with Crippen LogP contribution >= 0.6 is 0 Å². The van der Waals surface area contributed by atoms with Crippen LogP contribution in [0.1, 0.15) is 43.5 Å². The van der Waals surface area contributed by atoms with Crippen molar-refractivity contribution < 1.29 is 4.79 Å². The van der Waals surface area contributed by atoms with Crippen molar-refractivity contribution in [3.8, 4) is 0 Å². The molecule has 1 aromatic heterocycles. The Kier molecular flexibility index (Phi) is 3.86. The van der Waals surface area contributed by atoms with Crippen LogP contribution in [0.3, 0.4) is 0 Å². The number of carbonyl (C=O) groups is 1. The predicted molar refractivity (Wildman–Crippen MR) is 80.9 cm³/mol.